The van der Waals surface area contributed by atoms with E-state index in [-0.39, 0.29) is 24.9 Å². The van der Waals surface area contributed by atoms with Crippen molar-refractivity contribution in [2.75, 3.05) is 6.54 Å². The van der Waals surface area contributed by atoms with Crippen LogP contribution < -0.4 is 5.32 Å². The third-order valence-corrected chi connectivity index (χ3v) is 5.53. The number of carbonyl (C=O) groups is 2. The molecule has 8 heteroatoms. The molecule has 1 aliphatic rings. The number of aromatic nitrogens is 1. The third kappa shape index (κ3) is 4.69. The lowest BCUT2D eigenvalue weighted by Gasteiger charge is -2.37. The van der Waals surface area contributed by atoms with Crippen LogP contribution in [0.1, 0.15) is 34.8 Å². The first-order valence-electron chi connectivity index (χ1n) is 10.3. The smallest absolute Gasteiger partial charge is 0.352 e. The van der Waals surface area contributed by atoms with E-state index in [0.29, 0.717) is 18.7 Å². The molecule has 4 rings (SSSR count). The molecular formula is C24H22F3N3O2. The first kappa shape index (κ1) is 21.7. The second-order valence-electron chi connectivity index (χ2n) is 7.68. The first-order valence-corrected chi connectivity index (χ1v) is 10.3. The molecule has 2 heterocycles. The van der Waals surface area contributed by atoms with Crippen molar-refractivity contribution in [1.29, 1.82) is 0 Å². The average Bonchev–Trinajstić information content (AvgIpc) is 3.26. The molecule has 0 radical (unpaired) electrons. The van der Waals surface area contributed by atoms with E-state index in [4.69, 9.17) is 0 Å². The van der Waals surface area contributed by atoms with Crippen LogP contribution in [0, 0.1) is 0 Å². The van der Waals surface area contributed by atoms with Crippen LogP contribution in [0.4, 0.5) is 13.2 Å². The summed E-state index contributed by atoms with van der Waals surface area (Å²) in [7, 11) is 0. The Bertz CT molecular complexity index is 1110. The Hall–Kier alpha value is -3.55. The van der Waals surface area contributed by atoms with Gasteiger partial charge in [-0.15, -0.1) is 0 Å². The Balaban J connectivity index is 1.43. The minimum absolute atomic E-state index is 0.0823. The number of benzene rings is 2. The van der Waals surface area contributed by atoms with E-state index < -0.39 is 17.6 Å². The molecule has 1 atom stereocenters. The van der Waals surface area contributed by atoms with Crippen molar-refractivity contribution in [2.24, 2.45) is 0 Å². The summed E-state index contributed by atoms with van der Waals surface area (Å²) in [6.07, 6.45) is -2.85. The SMILES string of the molecule is O=C(CC(=O)N1CCn2cccc2C1c1ccccc1)NCc1cccc(C(F)(F)F)c1. The van der Waals surface area contributed by atoms with Gasteiger partial charge in [-0.25, -0.2) is 0 Å². The molecule has 166 valence electrons. The van der Waals surface area contributed by atoms with Crippen molar-refractivity contribution in [3.63, 3.8) is 0 Å². The summed E-state index contributed by atoms with van der Waals surface area (Å²) in [6, 6.07) is 18.0. The van der Waals surface area contributed by atoms with E-state index in [1.165, 1.54) is 12.1 Å². The minimum atomic E-state index is -4.45. The second kappa shape index (κ2) is 8.90. The summed E-state index contributed by atoms with van der Waals surface area (Å²) in [5.41, 5.74) is 1.46. The number of nitrogens with zero attached hydrogens (tertiary/aromatic N) is 2. The molecule has 0 bridgehead atoms. The van der Waals surface area contributed by atoms with Gasteiger partial charge >= 0.3 is 6.18 Å². The third-order valence-electron chi connectivity index (χ3n) is 5.53. The van der Waals surface area contributed by atoms with Crippen molar-refractivity contribution in [1.82, 2.24) is 14.8 Å². The fraction of sp³-hybridized carbons (Fsp3) is 0.250. The lowest BCUT2D eigenvalue weighted by molar-refractivity contribution is -0.138. The summed E-state index contributed by atoms with van der Waals surface area (Å²) in [5.74, 6) is -0.854. The number of halogens is 3. The van der Waals surface area contributed by atoms with Gasteiger partial charge in [0.15, 0.2) is 0 Å². The first-order chi connectivity index (χ1) is 15.3. The number of hydrogen-bond donors (Lipinski definition) is 1. The van der Waals surface area contributed by atoms with Crippen LogP contribution in [-0.2, 0) is 28.9 Å². The van der Waals surface area contributed by atoms with E-state index in [9.17, 15) is 22.8 Å². The van der Waals surface area contributed by atoms with Crippen molar-refractivity contribution in [3.05, 3.63) is 95.3 Å². The summed E-state index contributed by atoms with van der Waals surface area (Å²) < 4.78 is 40.7. The monoisotopic (exact) mass is 441 g/mol. The lowest BCUT2D eigenvalue weighted by Crippen LogP contribution is -2.44. The summed E-state index contributed by atoms with van der Waals surface area (Å²) in [4.78, 5) is 27.1. The lowest BCUT2D eigenvalue weighted by atomic mass is 9.99. The van der Waals surface area contributed by atoms with Gasteiger partial charge in [-0.3, -0.25) is 9.59 Å². The molecular weight excluding hydrogens is 419 g/mol. The molecule has 1 unspecified atom stereocenters. The number of alkyl halides is 3. The fourth-order valence-corrected chi connectivity index (χ4v) is 4.00. The number of nitrogens with one attached hydrogen (secondary N) is 1. The van der Waals surface area contributed by atoms with Crippen LogP contribution >= 0.6 is 0 Å². The zero-order chi connectivity index (χ0) is 22.7. The number of hydrogen-bond acceptors (Lipinski definition) is 2. The van der Waals surface area contributed by atoms with Gasteiger partial charge in [-0.2, -0.15) is 13.2 Å². The predicted octanol–water partition coefficient (Wildman–Crippen LogP) is 4.15. The molecule has 5 nitrogen and oxygen atoms in total. The Morgan fingerprint density at radius 2 is 1.75 bits per heavy atom. The van der Waals surface area contributed by atoms with Gasteiger partial charge in [0.1, 0.15) is 6.42 Å². The Kier molecular flexibility index (Phi) is 6.03. The van der Waals surface area contributed by atoms with Gasteiger partial charge in [-0.1, -0.05) is 42.5 Å². The van der Waals surface area contributed by atoms with Crippen LogP contribution in [0.25, 0.3) is 0 Å². The van der Waals surface area contributed by atoms with Crippen molar-refractivity contribution >= 4 is 11.8 Å². The van der Waals surface area contributed by atoms with Gasteiger partial charge in [0.05, 0.1) is 11.6 Å². The van der Waals surface area contributed by atoms with Crippen LogP contribution in [0.15, 0.2) is 72.9 Å². The molecule has 0 aliphatic carbocycles. The van der Waals surface area contributed by atoms with Gasteiger partial charge < -0.3 is 14.8 Å². The van der Waals surface area contributed by atoms with Crippen molar-refractivity contribution in [3.8, 4) is 0 Å². The largest absolute Gasteiger partial charge is 0.416 e. The van der Waals surface area contributed by atoms with E-state index >= 15 is 0 Å². The zero-order valence-electron chi connectivity index (χ0n) is 17.2. The number of carbonyl (C=O) groups excluding carboxylic acids is 2. The molecule has 2 amide bonds. The highest BCUT2D eigenvalue weighted by atomic mass is 19.4. The zero-order valence-corrected chi connectivity index (χ0v) is 17.2. The van der Waals surface area contributed by atoms with Crippen LogP contribution in [0.3, 0.4) is 0 Å². The van der Waals surface area contributed by atoms with E-state index in [1.54, 1.807) is 4.90 Å². The molecule has 0 saturated heterocycles. The molecule has 0 fully saturated rings. The molecule has 32 heavy (non-hydrogen) atoms. The molecule has 2 aromatic carbocycles. The van der Waals surface area contributed by atoms with Gasteiger partial charge in [0.2, 0.25) is 11.8 Å². The Labute approximate surface area is 183 Å². The second-order valence-corrected chi connectivity index (χ2v) is 7.68. The highest BCUT2D eigenvalue weighted by Crippen LogP contribution is 2.33. The normalized spacial score (nSPS) is 15.8. The quantitative estimate of drug-likeness (QED) is 0.605. The molecule has 0 spiro atoms. The summed E-state index contributed by atoms with van der Waals surface area (Å²) in [6.45, 7) is 1.01. The predicted molar refractivity (Wildman–Crippen MR) is 112 cm³/mol. The van der Waals surface area contributed by atoms with Crippen molar-refractivity contribution < 1.29 is 22.8 Å². The topological polar surface area (TPSA) is 54.3 Å². The van der Waals surface area contributed by atoms with E-state index in [0.717, 1.165) is 23.4 Å². The maximum atomic E-state index is 13.0. The van der Waals surface area contributed by atoms with E-state index in [2.05, 4.69) is 9.88 Å². The maximum absolute atomic E-state index is 13.0. The fourth-order valence-electron chi connectivity index (χ4n) is 4.00. The minimum Gasteiger partial charge on any atom is -0.352 e. The number of rotatable bonds is 5. The Morgan fingerprint density at radius 3 is 2.50 bits per heavy atom. The molecule has 1 aromatic heterocycles. The molecule has 1 N–H and O–H groups in total. The number of fused-ring (bicyclic) bond motifs is 1. The Morgan fingerprint density at radius 1 is 0.969 bits per heavy atom. The molecule has 3 aromatic rings. The van der Waals surface area contributed by atoms with Gasteiger partial charge in [0, 0.05) is 31.5 Å². The van der Waals surface area contributed by atoms with Crippen LogP contribution in [0.2, 0.25) is 0 Å². The van der Waals surface area contributed by atoms with E-state index in [1.807, 2.05) is 48.7 Å². The van der Waals surface area contributed by atoms with Gasteiger partial charge in [-0.05, 0) is 35.4 Å². The van der Waals surface area contributed by atoms with Crippen LogP contribution in [-0.4, -0.2) is 27.8 Å². The summed E-state index contributed by atoms with van der Waals surface area (Å²) in [5, 5.41) is 2.56. The van der Waals surface area contributed by atoms with Gasteiger partial charge in [0.25, 0.3) is 0 Å². The molecule has 1 aliphatic heterocycles. The maximum Gasteiger partial charge on any atom is 0.416 e. The standard InChI is InChI=1S/C24H22F3N3O2/c25-24(26,27)19-9-4-6-17(14-19)16-28-21(31)15-22(32)30-13-12-29-11-5-10-20(29)23(30)18-7-2-1-3-8-18/h1-11,14,23H,12-13,15-16H2,(H,28,31). The average molecular weight is 441 g/mol. The molecule has 0 saturated carbocycles. The summed E-state index contributed by atoms with van der Waals surface area (Å²) >= 11 is 0. The highest BCUT2D eigenvalue weighted by Gasteiger charge is 2.33. The number of amides is 2. The highest BCUT2D eigenvalue weighted by molar-refractivity contribution is 5.97. The van der Waals surface area contributed by atoms with Crippen molar-refractivity contribution in [2.45, 2.75) is 31.7 Å². The van der Waals surface area contributed by atoms with Crippen LogP contribution in [0.5, 0.6) is 0 Å².